The van der Waals surface area contributed by atoms with Crippen molar-refractivity contribution in [3.63, 3.8) is 0 Å². The molecular weight excluding hydrogens is 368 g/mol. The summed E-state index contributed by atoms with van der Waals surface area (Å²) in [6.45, 7) is 1.89. The SMILES string of the molecule is Cc1ccc(N=C2S/C(=C\C(Cl)=C\c3ccccc3)C(=O)N2C)c(O)c1. The fourth-order valence-corrected chi connectivity index (χ4v) is 3.63. The van der Waals surface area contributed by atoms with Crippen LogP contribution in [0.15, 0.2) is 69.5 Å². The van der Waals surface area contributed by atoms with Crippen molar-refractivity contribution >= 4 is 46.2 Å². The van der Waals surface area contributed by atoms with Gasteiger partial charge in [0.1, 0.15) is 11.4 Å². The number of rotatable bonds is 3. The molecule has 2 aromatic carbocycles. The average Bonchev–Trinajstić information content (AvgIpc) is 2.86. The molecule has 0 aliphatic carbocycles. The van der Waals surface area contributed by atoms with Crippen LogP contribution in [0, 0.1) is 6.92 Å². The Morgan fingerprint density at radius 3 is 2.65 bits per heavy atom. The third kappa shape index (κ3) is 4.18. The largest absolute Gasteiger partial charge is 0.506 e. The van der Waals surface area contributed by atoms with E-state index < -0.39 is 0 Å². The van der Waals surface area contributed by atoms with Gasteiger partial charge in [-0.3, -0.25) is 9.69 Å². The monoisotopic (exact) mass is 384 g/mol. The number of benzene rings is 2. The summed E-state index contributed by atoms with van der Waals surface area (Å²) in [6, 6.07) is 14.9. The van der Waals surface area contributed by atoms with Crippen LogP contribution >= 0.6 is 23.4 Å². The van der Waals surface area contributed by atoms with Gasteiger partial charge in [0.05, 0.1) is 4.91 Å². The fraction of sp³-hybridized carbons (Fsp3) is 0.100. The Kier molecular flexibility index (Phi) is 5.49. The summed E-state index contributed by atoms with van der Waals surface area (Å²) in [4.78, 5) is 18.8. The Bertz CT molecular complexity index is 936. The predicted molar refractivity (Wildman–Crippen MR) is 109 cm³/mol. The predicted octanol–water partition coefficient (Wildman–Crippen LogP) is 5.06. The second kappa shape index (κ2) is 7.81. The molecule has 1 amide bonds. The number of aryl methyl sites for hydroxylation is 1. The first-order valence-electron chi connectivity index (χ1n) is 7.92. The third-order valence-corrected chi connectivity index (χ3v) is 5.00. The van der Waals surface area contributed by atoms with Crippen molar-refractivity contribution in [2.75, 3.05) is 7.05 Å². The van der Waals surface area contributed by atoms with Gasteiger partial charge in [-0.15, -0.1) is 0 Å². The summed E-state index contributed by atoms with van der Waals surface area (Å²) in [6.07, 6.45) is 3.43. The van der Waals surface area contributed by atoms with E-state index in [4.69, 9.17) is 11.6 Å². The molecule has 1 N–H and O–H groups in total. The lowest BCUT2D eigenvalue weighted by Crippen LogP contribution is -2.23. The Hall–Kier alpha value is -2.50. The molecule has 0 saturated carbocycles. The summed E-state index contributed by atoms with van der Waals surface area (Å²) in [5.41, 5.74) is 2.31. The van der Waals surface area contributed by atoms with Crippen LogP contribution < -0.4 is 0 Å². The smallest absolute Gasteiger partial charge is 0.266 e. The molecule has 0 spiro atoms. The van der Waals surface area contributed by atoms with Crippen molar-refractivity contribution in [1.82, 2.24) is 4.90 Å². The summed E-state index contributed by atoms with van der Waals surface area (Å²) in [7, 11) is 1.65. The van der Waals surface area contributed by atoms with Gasteiger partial charge in [0, 0.05) is 12.1 Å². The van der Waals surface area contributed by atoms with E-state index in [9.17, 15) is 9.90 Å². The molecule has 0 radical (unpaired) electrons. The quantitative estimate of drug-likeness (QED) is 0.753. The molecule has 4 nitrogen and oxygen atoms in total. The maximum Gasteiger partial charge on any atom is 0.266 e. The first-order chi connectivity index (χ1) is 12.4. The van der Waals surface area contributed by atoms with E-state index in [0.29, 0.717) is 20.8 Å². The summed E-state index contributed by atoms with van der Waals surface area (Å²) in [5.74, 6) is -0.0988. The second-order valence-electron chi connectivity index (χ2n) is 5.80. The molecule has 3 rings (SSSR count). The summed E-state index contributed by atoms with van der Waals surface area (Å²) >= 11 is 7.50. The first-order valence-corrected chi connectivity index (χ1v) is 9.11. The van der Waals surface area contributed by atoms with Crippen molar-refractivity contribution in [1.29, 1.82) is 0 Å². The number of phenolic OH excluding ortho intramolecular Hbond substituents is 1. The van der Waals surface area contributed by atoms with Gasteiger partial charge in [0.15, 0.2) is 5.17 Å². The zero-order chi connectivity index (χ0) is 18.7. The number of amides is 1. The number of aromatic hydroxyl groups is 1. The molecule has 0 unspecified atom stereocenters. The number of hydrogen-bond donors (Lipinski definition) is 1. The highest BCUT2D eigenvalue weighted by molar-refractivity contribution is 8.18. The van der Waals surface area contributed by atoms with Crippen LogP contribution in [0.2, 0.25) is 0 Å². The normalized spacial score (nSPS) is 18.2. The van der Waals surface area contributed by atoms with Gasteiger partial charge < -0.3 is 5.11 Å². The van der Waals surface area contributed by atoms with Crippen LogP contribution in [0.25, 0.3) is 6.08 Å². The lowest BCUT2D eigenvalue weighted by atomic mass is 10.2. The molecule has 0 atom stereocenters. The highest BCUT2D eigenvalue weighted by Crippen LogP contribution is 2.35. The maximum absolute atomic E-state index is 12.4. The molecular formula is C20H17ClN2O2S. The van der Waals surface area contributed by atoms with Gasteiger partial charge in [-0.25, -0.2) is 4.99 Å². The summed E-state index contributed by atoms with van der Waals surface area (Å²) in [5, 5.41) is 11.0. The number of carbonyl (C=O) groups excluding carboxylic acids is 1. The van der Waals surface area contributed by atoms with Crippen molar-refractivity contribution in [2.45, 2.75) is 6.92 Å². The first kappa shape index (κ1) is 18.3. The number of phenols is 1. The number of hydrogen-bond acceptors (Lipinski definition) is 4. The molecule has 1 heterocycles. The van der Waals surface area contributed by atoms with Crippen LogP contribution in [0.1, 0.15) is 11.1 Å². The van der Waals surface area contributed by atoms with Crippen molar-refractivity contribution < 1.29 is 9.90 Å². The maximum atomic E-state index is 12.4. The standard InChI is InChI=1S/C20H17ClN2O2S/c1-13-8-9-16(17(24)10-13)22-20-23(2)19(25)18(26-20)12-15(21)11-14-6-4-3-5-7-14/h3-12,24H,1-2H3/b15-11-,18-12-,22-20?. The van der Waals surface area contributed by atoms with Gasteiger partial charge in [0.2, 0.25) is 0 Å². The minimum absolute atomic E-state index is 0.0818. The molecule has 132 valence electrons. The number of carbonyl (C=O) groups is 1. The number of aliphatic imine (C=N–C) groups is 1. The topological polar surface area (TPSA) is 52.9 Å². The number of allylic oxidation sites excluding steroid dienone is 2. The number of likely N-dealkylation sites (N-methyl/N-ethyl adjacent to an activating group) is 1. The Balaban J connectivity index is 1.86. The number of thioether (sulfide) groups is 1. The molecule has 2 aromatic rings. The molecule has 0 aromatic heterocycles. The van der Waals surface area contributed by atoms with Gasteiger partial charge in [-0.1, -0.05) is 48.0 Å². The van der Waals surface area contributed by atoms with E-state index in [1.165, 1.54) is 16.7 Å². The van der Waals surface area contributed by atoms with Crippen molar-refractivity contribution in [3.05, 3.63) is 75.7 Å². The highest BCUT2D eigenvalue weighted by atomic mass is 35.5. The molecule has 1 saturated heterocycles. The van der Waals surface area contributed by atoms with E-state index >= 15 is 0 Å². The molecule has 1 aliphatic rings. The molecule has 1 aliphatic heterocycles. The average molecular weight is 385 g/mol. The van der Waals surface area contributed by atoms with E-state index in [0.717, 1.165) is 11.1 Å². The van der Waals surface area contributed by atoms with Gasteiger partial charge in [-0.2, -0.15) is 0 Å². The lowest BCUT2D eigenvalue weighted by molar-refractivity contribution is -0.121. The Morgan fingerprint density at radius 2 is 1.96 bits per heavy atom. The van der Waals surface area contributed by atoms with Crippen LogP contribution in [0.5, 0.6) is 5.75 Å². The zero-order valence-corrected chi connectivity index (χ0v) is 15.9. The van der Waals surface area contributed by atoms with Crippen LogP contribution in [-0.2, 0) is 4.79 Å². The van der Waals surface area contributed by atoms with Gasteiger partial charge >= 0.3 is 0 Å². The van der Waals surface area contributed by atoms with E-state index in [-0.39, 0.29) is 11.7 Å². The number of nitrogens with zero attached hydrogens (tertiary/aromatic N) is 2. The van der Waals surface area contributed by atoms with E-state index in [1.807, 2.05) is 43.3 Å². The van der Waals surface area contributed by atoms with Crippen LogP contribution in [0.4, 0.5) is 5.69 Å². The van der Waals surface area contributed by atoms with Crippen LogP contribution in [0.3, 0.4) is 0 Å². The molecule has 1 fully saturated rings. The minimum atomic E-state index is -0.181. The Labute approximate surface area is 161 Å². The lowest BCUT2D eigenvalue weighted by Gasteiger charge is -2.08. The fourth-order valence-electron chi connectivity index (χ4n) is 2.36. The second-order valence-corrected chi connectivity index (χ2v) is 7.25. The van der Waals surface area contributed by atoms with Crippen LogP contribution in [-0.4, -0.2) is 28.1 Å². The highest BCUT2D eigenvalue weighted by Gasteiger charge is 2.30. The van der Waals surface area contributed by atoms with E-state index in [2.05, 4.69) is 4.99 Å². The zero-order valence-electron chi connectivity index (χ0n) is 14.3. The number of halogens is 1. The third-order valence-electron chi connectivity index (χ3n) is 3.72. The Morgan fingerprint density at radius 1 is 1.23 bits per heavy atom. The van der Waals surface area contributed by atoms with E-state index in [1.54, 1.807) is 31.3 Å². The molecule has 0 bridgehead atoms. The van der Waals surface area contributed by atoms with Crippen molar-refractivity contribution in [3.8, 4) is 5.75 Å². The minimum Gasteiger partial charge on any atom is -0.506 e. The van der Waals surface area contributed by atoms with Crippen molar-refractivity contribution in [2.24, 2.45) is 4.99 Å². The van der Waals surface area contributed by atoms with Gasteiger partial charge in [0.25, 0.3) is 5.91 Å². The number of amidine groups is 1. The summed E-state index contributed by atoms with van der Waals surface area (Å²) < 4.78 is 0. The molecule has 26 heavy (non-hydrogen) atoms. The van der Waals surface area contributed by atoms with Gasteiger partial charge in [-0.05, 0) is 54.1 Å². The molecule has 6 heteroatoms.